The van der Waals surface area contributed by atoms with Crippen molar-refractivity contribution in [2.24, 2.45) is 0 Å². The molecule has 0 radical (unpaired) electrons. The predicted octanol–water partition coefficient (Wildman–Crippen LogP) is 2.35. The van der Waals surface area contributed by atoms with E-state index in [-0.39, 0.29) is 12.1 Å². The molecule has 2 aromatic rings. The number of furan rings is 1. The van der Waals surface area contributed by atoms with Crippen LogP contribution in [0, 0.1) is 17.1 Å². The number of amides is 1. The quantitative estimate of drug-likeness (QED) is 0.655. The third-order valence-electron chi connectivity index (χ3n) is 3.25. The Balaban J connectivity index is 2.05. The normalized spacial score (nSPS) is 13.9. The molecule has 0 aliphatic heterocycles. The third kappa shape index (κ3) is 4.28. The monoisotopic (exact) mass is 314 g/mol. The maximum Gasteiger partial charge on any atom is 0.262 e. The van der Waals surface area contributed by atoms with E-state index in [1.165, 1.54) is 43.5 Å². The van der Waals surface area contributed by atoms with Gasteiger partial charge in [-0.05, 0) is 36.8 Å². The molecular weight excluding hydrogens is 299 g/mol. The van der Waals surface area contributed by atoms with Crippen LogP contribution in [0.3, 0.4) is 0 Å². The van der Waals surface area contributed by atoms with Crippen molar-refractivity contribution < 1.29 is 18.7 Å². The average Bonchev–Trinajstić information content (AvgIpc) is 3.04. The molecule has 2 rings (SSSR count). The van der Waals surface area contributed by atoms with Gasteiger partial charge >= 0.3 is 0 Å². The zero-order chi connectivity index (χ0) is 16.9. The van der Waals surface area contributed by atoms with Crippen LogP contribution >= 0.6 is 0 Å². The largest absolute Gasteiger partial charge is 0.465 e. The minimum absolute atomic E-state index is 0.130. The van der Waals surface area contributed by atoms with Gasteiger partial charge in [0.05, 0.1) is 12.8 Å². The van der Waals surface area contributed by atoms with Gasteiger partial charge in [0.1, 0.15) is 28.8 Å². The van der Waals surface area contributed by atoms with Gasteiger partial charge in [-0.1, -0.05) is 12.1 Å². The lowest BCUT2D eigenvalue weighted by Gasteiger charge is -2.24. The smallest absolute Gasteiger partial charge is 0.262 e. The van der Waals surface area contributed by atoms with Crippen LogP contribution in [0.5, 0.6) is 0 Å². The molecule has 1 aromatic carbocycles. The van der Waals surface area contributed by atoms with Crippen molar-refractivity contribution in [2.75, 3.05) is 6.54 Å². The molecular formula is C17H15FN2O3. The van der Waals surface area contributed by atoms with Gasteiger partial charge in [0.2, 0.25) is 0 Å². The SMILES string of the molecule is CC(O)(CNC(=O)/C(C#N)=C/c1ccco1)c1ccc(F)cc1. The van der Waals surface area contributed by atoms with Crippen LogP contribution < -0.4 is 5.32 Å². The van der Waals surface area contributed by atoms with Crippen LogP contribution in [0.4, 0.5) is 4.39 Å². The molecule has 1 unspecified atom stereocenters. The van der Waals surface area contributed by atoms with Crippen molar-refractivity contribution in [3.05, 3.63) is 65.4 Å². The third-order valence-corrected chi connectivity index (χ3v) is 3.25. The van der Waals surface area contributed by atoms with Crippen molar-refractivity contribution in [1.29, 1.82) is 5.26 Å². The van der Waals surface area contributed by atoms with Gasteiger partial charge in [0.25, 0.3) is 5.91 Å². The number of nitrogens with zero attached hydrogens (tertiary/aromatic N) is 1. The van der Waals surface area contributed by atoms with Crippen LogP contribution in [-0.4, -0.2) is 17.6 Å². The number of hydrogen-bond acceptors (Lipinski definition) is 4. The maximum atomic E-state index is 12.9. The van der Waals surface area contributed by atoms with Crippen LogP contribution in [0.1, 0.15) is 18.2 Å². The lowest BCUT2D eigenvalue weighted by molar-refractivity contribution is -0.118. The first-order valence-corrected chi connectivity index (χ1v) is 6.84. The molecule has 0 saturated heterocycles. The molecule has 1 aromatic heterocycles. The highest BCUT2D eigenvalue weighted by Gasteiger charge is 2.24. The highest BCUT2D eigenvalue weighted by atomic mass is 19.1. The highest BCUT2D eigenvalue weighted by molar-refractivity contribution is 6.01. The Hall–Kier alpha value is -2.91. The van der Waals surface area contributed by atoms with Crippen molar-refractivity contribution >= 4 is 12.0 Å². The molecule has 6 heteroatoms. The molecule has 0 fully saturated rings. The van der Waals surface area contributed by atoms with Crippen molar-refractivity contribution in [2.45, 2.75) is 12.5 Å². The van der Waals surface area contributed by atoms with E-state index < -0.39 is 17.3 Å². The molecule has 118 valence electrons. The summed E-state index contributed by atoms with van der Waals surface area (Å²) in [6, 6.07) is 10.4. The summed E-state index contributed by atoms with van der Waals surface area (Å²) < 4.78 is 18.0. The van der Waals surface area contributed by atoms with Crippen LogP contribution in [0.2, 0.25) is 0 Å². The van der Waals surface area contributed by atoms with Crippen molar-refractivity contribution in [1.82, 2.24) is 5.32 Å². The van der Waals surface area contributed by atoms with Gasteiger partial charge < -0.3 is 14.8 Å². The summed E-state index contributed by atoms with van der Waals surface area (Å²) >= 11 is 0. The molecule has 0 aliphatic rings. The lowest BCUT2D eigenvalue weighted by atomic mass is 9.96. The summed E-state index contributed by atoms with van der Waals surface area (Å²) in [5, 5.41) is 21.9. The Bertz CT molecular complexity index is 741. The second-order valence-corrected chi connectivity index (χ2v) is 5.15. The molecule has 0 saturated carbocycles. The second kappa shape index (κ2) is 6.90. The van der Waals surface area contributed by atoms with Gasteiger partial charge in [-0.15, -0.1) is 0 Å². The summed E-state index contributed by atoms with van der Waals surface area (Å²) in [6.45, 7) is 1.36. The van der Waals surface area contributed by atoms with E-state index in [1.807, 2.05) is 0 Å². The number of nitrogens with one attached hydrogen (secondary N) is 1. The number of carbonyl (C=O) groups is 1. The summed E-state index contributed by atoms with van der Waals surface area (Å²) in [5.74, 6) is -0.671. The Kier molecular flexibility index (Phi) is 4.94. The van der Waals surface area contributed by atoms with Crippen LogP contribution in [0.25, 0.3) is 6.08 Å². The Morgan fingerprint density at radius 3 is 2.70 bits per heavy atom. The Morgan fingerprint density at radius 2 is 2.13 bits per heavy atom. The van der Waals surface area contributed by atoms with Crippen LogP contribution in [-0.2, 0) is 10.4 Å². The summed E-state index contributed by atoms with van der Waals surface area (Å²) in [4.78, 5) is 12.0. The Labute approximate surface area is 132 Å². The van der Waals surface area contributed by atoms with E-state index in [2.05, 4.69) is 5.32 Å². The predicted molar refractivity (Wildman–Crippen MR) is 81.3 cm³/mol. The molecule has 1 atom stereocenters. The first-order chi connectivity index (χ1) is 10.9. The van der Waals surface area contributed by atoms with E-state index in [4.69, 9.17) is 9.68 Å². The second-order valence-electron chi connectivity index (χ2n) is 5.15. The summed E-state index contributed by atoms with van der Waals surface area (Å²) in [5.41, 5.74) is -1.09. The van der Waals surface area contributed by atoms with Gasteiger partial charge in [-0.3, -0.25) is 4.79 Å². The van der Waals surface area contributed by atoms with E-state index in [0.29, 0.717) is 11.3 Å². The number of nitriles is 1. The maximum absolute atomic E-state index is 12.9. The summed E-state index contributed by atoms with van der Waals surface area (Å²) in [6.07, 6.45) is 2.74. The number of hydrogen-bond donors (Lipinski definition) is 2. The van der Waals surface area contributed by atoms with Gasteiger partial charge in [0, 0.05) is 6.08 Å². The van der Waals surface area contributed by atoms with E-state index in [1.54, 1.807) is 18.2 Å². The molecule has 1 heterocycles. The minimum atomic E-state index is -1.39. The Morgan fingerprint density at radius 1 is 1.43 bits per heavy atom. The molecule has 0 bridgehead atoms. The van der Waals surface area contributed by atoms with E-state index in [9.17, 15) is 14.3 Å². The van der Waals surface area contributed by atoms with Gasteiger partial charge in [-0.25, -0.2) is 4.39 Å². The lowest BCUT2D eigenvalue weighted by Crippen LogP contribution is -2.39. The number of benzene rings is 1. The number of carbonyl (C=O) groups excluding carboxylic acids is 1. The highest BCUT2D eigenvalue weighted by Crippen LogP contribution is 2.20. The first-order valence-electron chi connectivity index (χ1n) is 6.84. The fourth-order valence-electron chi connectivity index (χ4n) is 1.92. The first kappa shape index (κ1) is 16.5. The fourth-order valence-corrected chi connectivity index (χ4v) is 1.92. The van der Waals surface area contributed by atoms with E-state index in [0.717, 1.165) is 0 Å². The average molecular weight is 314 g/mol. The molecule has 0 aliphatic carbocycles. The van der Waals surface area contributed by atoms with Gasteiger partial charge in [-0.2, -0.15) is 5.26 Å². The topological polar surface area (TPSA) is 86.3 Å². The molecule has 23 heavy (non-hydrogen) atoms. The van der Waals surface area contributed by atoms with Crippen molar-refractivity contribution in [3.63, 3.8) is 0 Å². The number of halogens is 1. The van der Waals surface area contributed by atoms with Crippen LogP contribution in [0.15, 0.2) is 52.7 Å². The number of aliphatic hydroxyl groups is 1. The molecule has 5 nitrogen and oxygen atoms in total. The summed E-state index contributed by atoms with van der Waals surface area (Å²) in [7, 11) is 0. The zero-order valence-electron chi connectivity index (χ0n) is 12.4. The van der Waals surface area contributed by atoms with Gasteiger partial charge in [0.15, 0.2) is 0 Å². The molecule has 0 spiro atoms. The van der Waals surface area contributed by atoms with E-state index >= 15 is 0 Å². The molecule has 2 N–H and O–H groups in total. The minimum Gasteiger partial charge on any atom is -0.465 e. The molecule has 1 amide bonds. The standard InChI is InChI=1S/C17H15FN2O3/c1-17(22,13-4-6-14(18)7-5-13)11-20-16(21)12(10-19)9-15-3-2-8-23-15/h2-9,22H,11H2,1H3,(H,20,21)/b12-9+. The van der Waals surface area contributed by atoms with Crippen molar-refractivity contribution in [3.8, 4) is 6.07 Å². The fraction of sp³-hybridized carbons (Fsp3) is 0.176. The number of rotatable bonds is 5. The zero-order valence-corrected chi connectivity index (χ0v) is 12.4.